The summed E-state index contributed by atoms with van der Waals surface area (Å²) < 4.78 is 5.52. The van der Waals surface area contributed by atoms with E-state index in [1.165, 1.54) is 0 Å². The van der Waals surface area contributed by atoms with Crippen LogP contribution in [-0.2, 0) is 0 Å². The number of amides is 1. The number of nitrogens with one attached hydrogen (secondary N) is 1. The monoisotopic (exact) mass is 266 g/mol. The SMILES string of the molecule is Cc1ccc(NC(=O)c2oc3ccccc3c2N)cc1. The number of furan rings is 1. The molecule has 0 radical (unpaired) electrons. The van der Waals surface area contributed by atoms with Gasteiger partial charge in [-0.3, -0.25) is 4.79 Å². The third-order valence-corrected chi connectivity index (χ3v) is 3.15. The van der Waals surface area contributed by atoms with Crippen molar-refractivity contribution in [3.63, 3.8) is 0 Å². The van der Waals surface area contributed by atoms with Crippen molar-refractivity contribution in [3.8, 4) is 0 Å². The summed E-state index contributed by atoms with van der Waals surface area (Å²) in [6, 6.07) is 14.8. The van der Waals surface area contributed by atoms with Crippen LogP contribution >= 0.6 is 0 Å². The van der Waals surface area contributed by atoms with Crippen LogP contribution in [0.5, 0.6) is 0 Å². The predicted molar refractivity (Wildman–Crippen MR) is 79.8 cm³/mol. The second kappa shape index (κ2) is 4.74. The van der Waals surface area contributed by atoms with Gasteiger partial charge in [-0.25, -0.2) is 0 Å². The van der Waals surface area contributed by atoms with Crippen LogP contribution in [0.2, 0.25) is 0 Å². The lowest BCUT2D eigenvalue weighted by atomic mass is 10.2. The molecule has 1 heterocycles. The Balaban J connectivity index is 1.92. The number of nitrogens with two attached hydrogens (primary N) is 1. The molecular weight excluding hydrogens is 252 g/mol. The number of hydrogen-bond acceptors (Lipinski definition) is 3. The highest BCUT2D eigenvalue weighted by atomic mass is 16.3. The van der Waals surface area contributed by atoms with E-state index in [9.17, 15) is 4.79 Å². The Hall–Kier alpha value is -2.75. The van der Waals surface area contributed by atoms with Crippen molar-refractivity contribution in [2.75, 3.05) is 11.1 Å². The van der Waals surface area contributed by atoms with Crippen molar-refractivity contribution >= 4 is 28.3 Å². The lowest BCUT2D eigenvalue weighted by molar-refractivity contribution is 0.1000. The maximum atomic E-state index is 12.2. The molecule has 4 heteroatoms. The Morgan fingerprint density at radius 3 is 2.50 bits per heavy atom. The van der Waals surface area contributed by atoms with Gasteiger partial charge in [0.15, 0.2) is 0 Å². The molecule has 0 saturated carbocycles. The van der Waals surface area contributed by atoms with Gasteiger partial charge in [-0.2, -0.15) is 0 Å². The highest BCUT2D eigenvalue weighted by Crippen LogP contribution is 2.28. The maximum Gasteiger partial charge on any atom is 0.293 e. The first-order valence-corrected chi connectivity index (χ1v) is 6.30. The molecule has 3 N–H and O–H groups in total. The zero-order chi connectivity index (χ0) is 14.1. The third kappa shape index (κ3) is 2.12. The van der Waals surface area contributed by atoms with Crippen molar-refractivity contribution < 1.29 is 9.21 Å². The number of para-hydroxylation sites is 1. The quantitative estimate of drug-likeness (QED) is 0.745. The number of benzene rings is 2. The van der Waals surface area contributed by atoms with Gasteiger partial charge in [0.05, 0.1) is 5.69 Å². The van der Waals surface area contributed by atoms with Crippen molar-refractivity contribution in [1.82, 2.24) is 0 Å². The van der Waals surface area contributed by atoms with E-state index in [4.69, 9.17) is 10.2 Å². The molecule has 0 aliphatic carbocycles. The molecule has 0 saturated heterocycles. The third-order valence-electron chi connectivity index (χ3n) is 3.15. The minimum atomic E-state index is -0.345. The number of aryl methyl sites for hydroxylation is 1. The Morgan fingerprint density at radius 2 is 1.80 bits per heavy atom. The zero-order valence-electron chi connectivity index (χ0n) is 11.0. The number of nitrogen functional groups attached to an aromatic ring is 1. The molecule has 0 aliphatic rings. The lowest BCUT2D eigenvalue weighted by Gasteiger charge is -2.03. The fraction of sp³-hybridized carbons (Fsp3) is 0.0625. The summed E-state index contributed by atoms with van der Waals surface area (Å²) >= 11 is 0. The summed E-state index contributed by atoms with van der Waals surface area (Å²) in [5, 5.41) is 3.53. The van der Waals surface area contributed by atoms with Crippen LogP contribution in [0.25, 0.3) is 11.0 Å². The van der Waals surface area contributed by atoms with Crippen LogP contribution in [0.1, 0.15) is 16.1 Å². The number of carbonyl (C=O) groups is 1. The van der Waals surface area contributed by atoms with Gasteiger partial charge >= 0.3 is 0 Å². The van der Waals surface area contributed by atoms with Gasteiger partial charge in [0.25, 0.3) is 5.91 Å². The molecule has 0 spiro atoms. The van der Waals surface area contributed by atoms with E-state index in [0.29, 0.717) is 17.0 Å². The second-order valence-electron chi connectivity index (χ2n) is 4.66. The molecule has 0 unspecified atom stereocenters. The topological polar surface area (TPSA) is 68.3 Å². The van der Waals surface area contributed by atoms with E-state index in [1.54, 1.807) is 6.07 Å². The highest BCUT2D eigenvalue weighted by Gasteiger charge is 2.18. The van der Waals surface area contributed by atoms with E-state index in [1.807, 2.05) is 49.4 Å². The van der Waals surface area contributed by atoms with Crippen LogP contribution in [0.3, 0.4) is 0 Å². The van der Waals surface area contributed by atoms with Crippen LogP contribution in [-0.4, -0.2) is 5.91 Å². The van der Waals surface area contributed by atoms with Crippen LogP contribution in [0, 0.1) is 6.92 Å². The molecular formula is C16H14N2O2. The van der Waals surface area contributed by atoms with Crippen molar-refractivity contribution in [2.24, 2.45) is 0 Å². The molecule has 1 amide bonds. The van der Waals surface area contributed by atoms with Gasteiger partial charge in [-0.1, -0.05) is 29.8 Å². The van der Waals surface area contributed by atoms with Crippen LogP contribution in [0.4, 0.5) is 11.4 Å². The van der Waals surface area contributed by atoms with Crippen molar-refractivity contribution in [2.45, 2.75) is 6.92 Å². The fourth-order valence-electron chi connectivity index (χ4n) is 2.06. The van der Waals surface area contributed by atoms with E-state index in [2.05, 4.69) is 5.32 Å². The molecule has 2 aromatic carbocycles. The molecule has 1 aromatic heterocycles. The van der Waals surface area contributed by atoms with E-state index in [-0.39, 0.29) is 11.7 Å². The molecule has 0 atom stereocenters. The Morgan fingerprint density at radius 1 is 1.10 bits per heavy atom. The Kier molecular flexibility index (Phi) is 2.91. The lowest BCUT2D eigenvalue weighted by Crippen LogP contribution is -2.12. The summed E-state index contributed by atoms with van der Waals surface area (Å²) in [5.74, 6) is -0.200. The van der Waals surface area contributed by atoms with Gasteiger partial charge in [-0.15, -0.1) is 0 Å². The van der Waals surface area contributed by atoms with E-state index < -0.39 is 0 Å². The van der Waals surface area contributed by atoms with Gasteiger partial charge in [-0.05, 0) is 31.2 Å². The average Bonchev–Trinajstić information content (AvgIpc) is 2.79. The summed E-state index contributed by atoms with van der Waals surface area (Å²) in [6.07, 6.45) is 0. The average molecular weight is 266 g/mol. The van der Waals surface area contributed by atoms with E-state index >= 15 is 0 Å². The smallest absolute Gasteiger partial charge is 0.293 e. The summed E-state index contributed by atoms with van der Waals surface area (Å²) in [5.41, 5.74) is 8.78. The molecule has 100 valence electrons. The molecule has 0 aliphatic heterocycles. The minimum Gasteiger partial charge on any atom is -0.449 e. The zero-order valence-corrected chi connectivity index (χ0v) is 11.0. The van der Waals surface area contributed by atoms with Gasteiger partial charge < -0.3 is 15.5 Å². The van der Waals surface area contributed by atoms with Crippen LogP contribution in [0.15, 0.2) is 52.9 Å². The first-order valence-electron chi connectivity index (χ1n) is 6.30. The van der Waals surface area contributed by atoms with Crippen LogP contribution < -0.4 is 11.1 Å². The van der Waals surface area contributed by atoms with E-state index in [0.717, 1.165) is 10.9 Å². The maximum absolute atomic E-state index is 12.2. The molecule has 3 aromatic rings. The Bertz CT molecular complexity index is 773. The first-order chi connectivity index (χ1) is 9.65. The molecule has 0 fully saturated rings. The largest absolute Gasteiger partial charge is 0.449 e. The Labute approximate surface area is 116 Å². The number of carbonyl (C=O) groups excluding carboxylic acids is 1. The van der Waals surface area contributed by atoms with Crippen molar-refractivity contribution in [3.05, 3.63) is 59.9 Å². The van der Waals surface area contributed by atoms with Gasteiger partial charge in [0, 0.05) is 11.1 Å². The predicted octanol–water partition coefficient (Wildman–Crippen LogP) is 3.58. The van der Waals surface area contributed by atoms with Gasteiger partial charge in [0.2, 0.25) is 5.76 Å². The fourth-order valence-corrected chi connectivity index (χ4v) is 2.06. The summed E-state index contributed by atoms with van der Waals surface area (Å²) in [6.45, 7) is 1.99. The molecule has 4 nitrogen and oxygen atoms in total. The van der Waals surface area contributed by atoms with Gasteiger partial charge in [0.1, 0.15) is 5.58 Å². The first kappa shape index (κ1) is 12.3. The number of anilines is 2. The highest BCUT2D eigenvalue weighted by molar-refractivity contribution is 6.10. The normalized spacial score (nSPS) is 10.7. The summed E-state index contributed by atoms with van der Waals surface area (Å²) in [7, 11) is 0. The molecule has 0 bridgehead atoms. The minimum absolute atomic E-state index is 0.145. The van der Waals surface area contributed by atoms with Crippen molar-refractivity contribution in [1.29, 1.82) is 0 Å². The summed E-state index contributed by atoms with van der Waals surface area (Å²) in [4.78, 5) is 12.2. The number of rotatable bonds is 2. The number of hydrogen-bond donors (Lipinski definition) is 2. The molecule has 20 heavy (non-hydrogen) atoms. The molecule has 3 rings (SSSR count). The second-order valence-corrected chi connectivity index (χ2v) is 4.66. The number of fused-ring (bicyclic) bond motifs is 1. The standard InChI is InChI=1S/C16H14N2O2/c1-10-6-8-11(9-7-10)18-16(19)15-14(17)12-4-2-3-5-13(12)20-15/h2-9H,17H2,1H3,(H,18,19).